The van der Waals surface area contributed by atoms with Gasteiger partial charge in [0.25, 0.3) is 0 Å². The van der Waals surface area contributed by atoms with Crippen LogP contribution in [0.25, 0.3) is 10.9 Å². The average molecular weight is 326 g/mol. The summed E-state index contributed by atoms with van der Waals surface area (Å²) in [7, 11) is 0. The topological polar surface area (TPSA) is 66.1 Å². The number of rotatable bonds is 5. The van der Waals surface area contributed by atoms with Crippen LogP contribution in [0.1, 0.15) is 32.6 Å². The van der Waals surface area contributed by atoms with Crippen LogP contribution in [-0.2, 0) is 0 Å². The fourth-order valence-electron chi connectivity index (χ4n) is 3.17. The second kappa shape index (κ2) is 7.99. The summed E-state index contributed by atoms with van der Waals surface area (Å²) in [6.45, 7) is 3.51. The molecule has 5 nitrogen and oxygen atoms in total. The molecule has 2 aromatic rings. The summed E-state index contributed by atoms with van der Waals surface area (Å²) in [5.41, 5.74) is 0.972. The number of benzene rings is 1. The van der Waals surface area contributed by atoms with Gasteiger partial charge in [-0.05, 0) is 49.8 Å². The molecule has 2 amide bonds. The number of para-hydroxylation sites is 1. The summed E-state index contributed by atoms with van der Waals surface area (Å²) in [4.78, 5) is 16.5. The van der Waals surface area contributed by atoms with Crippen LogP contribution in [0.5, 0.6) is 0 Å². The minimum absolute atomic E-state index is 0.0668. The van der Waals surface area contributed by atoms with Gasteiger partial charge in [0.05, 0.1) is 5.52 Å². The lowest BCUT2D eigenvalue weighted by molar-refractivity contribution is 0.229. The average Bonchev–Trinajstić information content (AvgIpc) is 2.60. The molecule has 0 aliphatic heterocycles. The van der Waals surface area contributed by atoms with E-state index in [0.717, 1.165) is 35.5 Å². The van der Waals surface area contributed by atoms with E-state index in [2.05, 4.69) is 33.9 Å². The molecule has 1 saturated carbocycles. The Hall–Kier alpha value is -2.30. The van der Waals surface area contributed by atoms with Crippen molar-refractivity contribution < 1.29 is 4.79 Å². The second-order valence-electron chi connectivity index (χ2n) is 6.67. The first-order valence-electron chi connectivity index (χ1n) is 8.85. The van der Waals surface area contributed by atoms with E-state index in [1.807, 2.05) is 30.3 Å². The Kier molecular flexibility index (Phi) is 5.51. The summed E-state index contributed by atoms with van der Waals surface area (Å²) in [6.07, 6.45) is 4.60. The van der Waals surface area contributed by atoms with Gasteiger partial charge < -0.3 is 16.0 Å². The van der Waals surface area contributed by atoms with E-state index in [9.17, 15) is 4.79 Å². The molecule has 1 aromatic carbocycles. The maximum atomic E-state index is 11.9. The van der Waals surface area contributed by atoms with Gasteiger partial charge in [-0.25, -0.2) is 9.78 Å². The van der Waals surface area contributed by atoms with Crippen molar-refractivity contribution in [2.75, 3.05) is 18.4 Å². The lowest BCUT2D eigenvalue weighted by Gasteiger charge is -2.26. The number of nitrogens with one attached hydrogen (secondary N) is 3. The van der Waals surface area contributed by atoms with E-state index < -0.39 is 0 Å². The van der Waals surface area contributed by atoms with Gasteiger partial charge in [-0.3, -0.25) is 0 Å². The van der Waals surface area contributed by atoms with Crippen LogP contribution in [0.3, 0.4) is 0 Å². The highest BCUT2D eigenvalue weighted by Crippen LogP contribution is 2.23. The van der Waals surface area contributed by atoms with Crippen molar-refractivity contribution in [3.05, 3.63) is 36.4 Å². The van der Waals surface area contributed by atoms with Gasteiger partial charge >= 0.3 is 6.03 Å². The number of hydrogen-bond donors (Lipinski definition) is 3. The predicted octanol–water partition coefficient (Wildman–Crippen LogP) is 3.52. The normalized spacial score (nSPS) is 20.5. The van der Waals surface area contributed by atoms with Crippen molar-refractivity contribution in [1.29, 1.82) is 0 Å². The number of fused-ring (bicyclic) bond motifs is 1. The molecule has 3 rings (SSSR count). The van der Waals surface area contributed by atoms with Gasteiger partial charge in [-0.2, -0.15) is 0 Å². The molecule has 0 spiro atoms. The maximum Gasteiger partial charge on any atom is 0.315 e. The first-order valence-corrected chi connectivity index (χ1v) is 8.85. The van der Waals surface area contributed by atoms with Crippen LogP contribution in [0.4, 0.5) is 10.6 Å². The fourth-order valence-corrected chi connectivity index (χ4v) is 3.17. The molecule has 0 saturated heterocycles. The molecule has 0 unspecified atom stereocenters. The third kappa shape index (κ3) is 4.60. The zero-order chi connectivity index (χ0) is 16.8. The molecule has 1 heterocycles. The van der Waals surface area contributed by atoms with Crippen molar-refractivity contribution in [2.24, 2.45) is 5.92 Å². The maximum absolute atomic E-state index is 11.9. The predicted molar refractivity (Wildman–Crippen MR) is 98.2 cm³/mol. The standard InChI is InChI=1S/C19H26N4O/c1-14-6-9-16(10-7-14)22-19(24)21-13-12-20-18-11-8-15-4-2-3-5-17(15)23-18/h2-5,8,11,14,16H,6-7,9-10,12-13H2,1H3,(H,20,23)(H2,21,22,24). The zero-order valence-corrected chi connectivity index (χ0v) is 14.2. The highest BCUT2D eigenvalue weighted by Gasteiger charge is 2.19. The first kappa shape index (κ1) is 16.6. The SMILES string of the molecule is CC1CCC(NC(=O)NCCNc2ccc3ccccc3n2)CC1. The Balaban J connectivity index is 1.37. The van der Waals surface area contributed by atoms with Gasteiger partial charge in [0.15, 0.2) is 0 Å². The van der Waals surface area contributed by atoms with E-state index in [1.165, 1.54) is 12.8 Å². The number of hydrogen-bond acceptors (Lipinski definition) is 3. The van der Waals surface area contributed by atoms with Crippen molar-refractivity contribution in [3.63, 3.8) is 0 Å². The number of anilines is 1. The highest BCUT2D eigenvalue weighted by molar-refractivity contribution is 5.80. The molecular formula is C19H26N4O. The summed E-state index contributed by atoms with van der Waals surface area (Å²) >= 11 is 0. The number of nitrogens with zero attached hydrogens (tertiary/aromatic N) is 1. The molecule has 0 radical (unpaired) electrons. The quantitative estimate of drug-likeness (QED) is 0.737. The van der Waals surface area contributed by atoms with Gasteiger partial charge in [-0.1, -0.05) is 25.1 Å². The Labute approximate surface area is 143 Å². The molecule has 0 atom stereocenters. The summed E-state index contributed by atoms with van der Waals surface area (Å²) in [6, 6.07) is 12.3. The molecular weight excluding hydrogens is 300 g/mol. The van der Waals surface area contributed by atoms with Crippen LogP contribution >= 0.6 is 0 Å². The summed E-state index contributed by atoms with van der Waals surface area (Å²) in [5, 5.41) is 10.4. The third-order valence-corrected chi connectivity index (χ3v) is 4.67. The number of carbonyl (C=O) groups is 1. The van der Waals surface area contributed by atoms with Crippen molar-refractivity contribution in [2.45, 2.75) is 38.6 Å². The molecule has 1 aliphatic carbocycles. The monoisotopic (exact) mass is 326 g/mol. The van der Waals surface area contributed by atoms with Gasteiger partial charge in [-0.15, -0.1) is 0 Å². The van der Waals surface area contributed by atoms with Gasteiger partial charge in [0.1, 0.15) is 5.82 Å². The van der Waals surface area contributed by atoms with Gasteiger partial charge in [0.2, 0.25) is 0 Å². The van der Waals surface area contributed by atoms with Crippen LogP contribution in [0, 0.1) is 5.92 Å². The summed E-state index contributed by atoms with van der Waals surface area (Å²) in [5.74, 6) is 1.63. The number of pyridine rings is 1. The molecule has 3 N–H and O–H groups in total. The first-order chi connectivity index (χ1) is 11.7. The lowest BCUT2D eigenvalue weighted by Crippen LogP contribution is -2.44. The Morgan fingerprint density at radius 2 is 1.88 bits per heavy atom. The number of amides is 2. The van der Waals surface area contributed by atoms with E-state index in [0.29, 0.717) is 19.1 Å². The van der Waals surface area contributed by atoms with Crippen molar-refractivity contribution >= 4 is 22.8 Å². The van der Waals surface area contributed by atoms with E-state index in [1.54, 1.807) is 0 Å². The lowest BCUT2D eigenvalue weighted by atomic mass is 9.87. The number of aromatic nitrogens is 1. The highest BCUT2D eigenvalue weighted by atomic mass is 16.2. The molecule has 128 valence electrons. The van der Waals surface area contributed by atoms with E-state index in [-0.39, 0.29) is 6.03 Å². The summed E-state index contributed by atoms with van der Waals surface area (Å²) < 4.78 is 0. The molecule has 1 fully saturated rings. The minimum Gasteiger partial charge on any atom is -0.368 e. The Morgan fingerprint density at radius 1 is 1.08 bits per heavy atom. The zero-order valence-electron chi connectivity index (χ0n) is 14.2. The van der Waals surface area contributed by atoms with E-state index >= 15 is 0 Å². The Bertz CT molecular complexity index is 680. The third-order valence-electron chi connectivity index (χ3n) is 4.67. The largest absolute Gasteiger partial charge is 0.368 e. The van der Waals surface area contributed by atoms with Crippen LogP contribution in [0.15, 0.2) is 36.4 Å². The molecule has 5 heteroatoms. The smallest absolute Gasteiger partial charge is 0.315 e. The molecule has 1 aliphatic rings. The Morgan fingerprint density at radius 3 is 2.71 bits per heavy atom. The number of carbonyl (C=O) groups excluding carboxylic acids is 1. The van der Waals surface area contributed by atoms with E-state index in [4.69, 9.17) is 0 Å². The van der Waals surface area contributed by atoms with Crippen LogP contribution in [-0.4, -0.2) is 30.1 Å². The molecule has 1 aromatic heterocycles. The molecule has 24 heavy (non-hydrogen) atoms. The van der Waals surface area contributed by atoms with Crippen LogP contribution < -0.4 is 16.0 Å². The second-order valence-corrected chi connectivity index (χ2v) is 6.67. The van der Waals surface area contributed by atoms with Crippen molar-refractivity contribution in [1.82, 2.24) is 15.6 Å². The molecule has 0 bridgehead atoms. The minimum atomic E-state index is -0.0668. The van der Waals surface area contributed by atoms with Crippen molar-refractivity contribution in [3.8, 4) is 0 Å². The van der Waals surface area contributed by atoms with Crippen LogP contribution in [0.2, 0.25) is 0 Å². The fraction of sp³-hybridized carbons (Fsp3) is 0.474. The number of urea groups is 1. The van der Waals surface area contributed by atoms with Gasteiger partial charge in [0, 0.05) is 24.5 Å².